The highest BCUT2D eigenvalue weighted by Gasteiger charge is 2.52. The second kappa shape index (κ2) is 14.4. The van der Waals surface area contributed by atoms with E-state index in [4.69, 9.17) is 20.3 Å². The van der Waals surface area contributed by atoms with Gasteiger partial charge in [0.1, 0.15) is 11.5 Å². The maximum atomic E-state index is 12.8. The van der Waals surface area contributed by atoms with Crippen LogP contribution < -0.4 is 20.5 Å². The quantitative estimate of drug-likeness (QED) is 0.153. The zero-order chi connectivity index (χ0) is 33.0. The number of carbonyl (C=O) groups is 2. The lowest BCUT2D eigenvalue weighted by Crippen LogP contribution is -2.27. The SMILES string of the molecule is C.COc1ccc(C2(C(=O)Nc3nc4ccccc4s3)CC2)cc1.COc1ccc(C2(C(=O)O)CC2)cc1.Nc1nc2ccccc2s1. The summed E-state index contributed by atoms with van der Waals surface area (Å²) in [6.07, 6.45) is 3.23. The minimum atomic E-state index is -0.720. The number of hydrogen-bond acceptors (Lipinski definition) is 9. The van der Waals surface area contributed by atoms with Crippen LogP contribution in [0.15, 0.2) is 97.1 Å². The summed E-state index contributed by atoms with van der Waals surface area (Å²) in [7, 11) is 3.24. The van der Waals surface area contributed by atoms with E-state index in [1.54, 1.807) is 26.4 Å². The highest BCUT2D eigenvalue weighted by molar-refractivity contribution is 7.22. The number of anilines is 2. The molecule has 9 nitrogen and oxygen atoms in total. The average Bonchev–Trinajstić information content (AvgIpc) is 4.01. The zero-order valence-corrected chi connectivity index (χ0v) is 27.6. The Morgan fingerprint density at radius 2 is 1.17 bits per heavy atom. The van der Waals surface area contributed by atoms with Crippen LogP contribution in [0.2, 0.25) is 0 Å². The van der Waals surface area contributed by atoms with E-state index >= 15 is 0 Å². The van der Waals surface area contributed by atoms with Crippen molar-refractivity contribution in [3.8, 4) is 11.5 Å². The normalized spacial score (nSPS) is 14.6. The van der Waals surface area contributed by atoms with Crippen LogP contribution in [0.25, 0.3) is 20.4 Å². The Labute approximate surface area is 287 Å². The molecule has 0 radical (unpaired) electrons. The Morgan fingerprint density at radius 3 is 1.60 bits per heavy atom. The van der Waals surface area contributed by atoms with Crippen molar-refractivity contribution in [2.45, 2.75) is 43.9 Å². The molecule has 0 saturated heterocycles. The molecule has 2 aliphatic carbocycles. The second-order valence-electron chi connectivity index (χ2n) is 11.4. The van der Waals surface area contributed by atoms with Gasteiger partial charge in [-0.25, -0.2) is 9.97 Å². The topological polar surface area (TPSA) is 137 Å². The molecule has 0 unspecified atom stereocenters. The van der Waals surface area contributed by atoms with E-state index in [0.717, 1.165) is 68.7 Å². The number of methoxy groups -OCH3 is 2. The Bertz CT molecular complexity index is 1950. The fourth-order valence-electron chi connectivity index (χ4n) is 5.38. The lowest BCUT2D eigenvalue weighted by molar-refractivity contribution is -0.140. The first kappa shape index (κ1) is 34.3. The summed E-state index contributed by atoms with van der Waals surface area (Å²) in [5.41, 5.74) is 8.31. The third-order valence-electron chi connectivity index (χ3n) is 8.45. The number of carboxylic acid groups (broad SMARTS) is 1. The monoisotopic (exact) mass is 682 g/mol. The van der Waals surface area contributed by atoms with Gasteiger partial charge in [-0.1, -0.05) is 78.6 Å². The van der Waals surface area contributed by atoms with E-state index in [-0.39, 0.29) is 13.3 Å². The molecule has 6 aromatic rings. The number of carbonyl (C=O) groups excluding carboxylic acids is 1. The van der Waals surface area contributed by atoms with Gasteiger partial charge < -0.3 is 25.6 Å². The number of fused-ring (bicyclic) bond motifs is 2. The number of nitrogens with zero attached hydrogens (tertiary/aromatic N) is 2. The number of nitrogens with one attached hydrogen (secondary N) is 1. The van der Waals surface area contributed by atoms with E-state index in [0.29, 0.717) is 10.3 Å². The molecule has 2 aliphatic rings. The molecule has 2 saturated carbocycles. The largest absolute Gasteiger partial charge is 0.497 e. The van der Waals surface area contributed by atoms with E-state index in [9.17, 15) is 9.59 Å². The van der Waals surface area contributed by atoms with Gasteiger partial charge in [0.15, 0.2) is 10.3 Å². The van der Waals surface area contributed by atoms with Crippen molar-refractivity contribution in [3.05, 3.63) is 108 Å². The molecule has 4 aromatic carbocycles. The Hall–Kier alpha value is -5.00. The van der Waals surface area contributed by atoms with Crippen molar-refractivity contribution in [1.29, 1.82) is 0 Å². The van der Waals surface area contributed by atoms with Crippen molar-refractivity contribution >= 4 is 65.2 Å². The van der Waals surface area contributed by atoms with E-state index < -0.39 is 16.8 Å². The lowest BCUT2D eigenvalue weighted by atomic mass is 9.95. The van der Waals surface area contributed by atoms with E-state index in [1.807, 2.05) is 84.9 Å². The Kier molecular flexibility index (Phi) is 10.3. The Morgan fingerprint density at radius 1 is 0.708 bits per heavy atom. The van der Waals surface area contributed by atoms with E-state index in [1.165, 1.54) is 22.7 Å². The average molecular weight is 683 g/mol. The molecule has 1 amide bonds. The highest BCUT2D eigenvalue weighted by atomic mass is 32.1. The molecule has 48 heavy (non-hydrogen) atoms. The van der Waals surface area contributed by atoms with Gasteiger partial charge in [-0.15, -0.1) is 0 Å². The number of nitrogen functional groups attached to an aromatic ring is 1. The van der Waals surface area contributed by atoms with Gasteiger partial charge in [0.2, 0.25) is 5.91 Å². The number of aromatic nitrogens is 2. The molecule has 2 aromatic heterocycles. The summed E-state index contributed by atoms with van der Waals surface area (Å²) in [6, 6.07) is 30.9. The first-order chi connectivity index (χ1) is 22.8. The molecule has 248 valence electrons. The van der Waals surface area contributed by atoms with Gasteiger partial charge in [-0.3, -0.25) is 9.59 Å². The first-order valence-corrected chi connectivity index (χ1v) is 16.7. The number of ether oxygens (including phenoxy) is 2. The van der Waals surface area contributed by atoms with Gasteiger partial charge in [0, 0.05) is 0 Å². The smallest absolute Gasteiger partial charge is 0.314 e. The number of carboxylic acids is 1. The number of amides is 1. The van der Waals surface area contributed by atoms with Crippen LogP contribution in [0.1, 0.15) is 44.2 Å². The van der Waals surface area contributed by atoms with Crippen molar-refractivity contribution in [2.75, 3.05) is 25.3 Å². The third kappa shape index (κ3) is 7.27. The van der Waals surface area contributed by atoms with E-state index in [2.05, 4.69) is 15.3 Å². The third-order valence-corrected chi connectivity index (χ3v) is 10.3. The van der Waals surface area contributed by atoms with Crippen molar-refractivity contribution < 1.29 is 24.2 Å². The van der Waals surface area contributed by atoms with Gasteiger partial charge in [0.05, 0.1) is 45.5 Å². The number of nitrogens with two attached hydrogens (primary N) is 1. The summed E-state index contributed by atoms with van der Waals surface area (Å²) in [5, 5.41) is 13.4. The van der Waals surface area contributed by atoms with Crippen LogP contribution in [-0.4, -0.2) is 41.2 Å². The lowest BCUT2D eigenvalue weighted by Gasteiger charge is -2.15. The number of benzene rings is 4. The van der Waals surface area contributed by atoms with Crippen molar-refractivity contribution in [1.82, 2.24) is 9.97 Å². The predicted octanol–water partition coefficient (Wildman–Crippen LogP) is 8.30. The Balaban J connectivity index is 0.000000153. The summed E-state index contributed by atoms with van der Waals surface area (Å²) in [6.45, 7) is 0. The van der Waals surface area contributed by atoms with Crippen molar-refractivity contribution in [2.24, 2.45) is 0 Å². The molecule has 0 aliphatic heterocycles. The van der Waals surface area contributed by atoms with Gasteiger partial charge >= 0.3 is 5.97 Å². The molecular formula is C37H38N4O5S2. The van der Waals surface area contributed by atoms with Gasteiger partial charge in [-0.05, 0) is 85.3 Å². The van der Waals surface area contributed by atoms with Gasteiger partial charge in [0.25, 0.3) is 0 Å². The molecule has 0 bridgehead atoms. The fraction of sp³-hybridized carbons (Fsp3) is 0.243. The molecule has 2 heterocycles. The highest BCUT2D eigenvalue weighted by Crippen LogP contribution is 2.50. The molecule has 11 heteroatoms. The predicted molar refractivity (Wildman–Crippen MR) is 194 cm³/mol. The van der Waals surface area contributed by atoms with Crippen LogP contribution in [0.5, 0.6) is 11.5 Å². The summed E-state index contributed by atoms with van der Waals surface area (Å²) in [4.78, 5) is 32.4. The molecule has 4 N–H and O–H groups in total. The number of hydrogen-bond donors (Lipinski definition) is 3. The summed E-state index contributed by atoms with van der Waals surface area (Å²) < 4.78 is 12.4. The molecule has 0 spiro atoms. The molecule has 0 atom stereocenters. The number of para-hydroxylation sites is 2. The molecule has 8 rings (SSSR count). The van der Waals surface area contributed by atoms with Crippen LogP contribution in [0, 0.1) is 0 Å². The van der Waals surface area contributed by atoms with Crippen LogP contribution in [0.4, 0.5) is 10.3 Å². The zero-order valence-electron chi connectivity index (χ0n) is 25.9. The number of rotatable bonds is 7. The maximum absolute atomic E-state index is 12.8. The minimum absolute atomic E-state index is 0. The summed E-state index contributed by atoms with van der Waals surface area (Å²) in [5.74, 6) is 0.871. The van der Waals surface area contributed by atoms with Crippen LogP contribution >= 0.6 is 22.7 Å². The van der Waals surface area contributed by atoms with Crippen LogP contribution in [0.3, 0.4) is 0 Å². The number of thiazole rings is 2. The fourth-order valence-corrected chi connectivity index (χ4v) is 6.97. The summed E-state index contributed by atoms with van der Waals surface area (Å²) >= 11 is 3.03. The first-order valence-electron chi connectivity index (χ1n) is 15.1. The molecular weight excluding hydrogens is 645 g/mol. The van der Waals surface area contributed by atoms with Gasteiger partial charge in [-0.2, -0.15) is 0 Å². The maximum Gasteiger partial charge on any atom is 0.314 e. The minimum Gasteiger partial charge on any atom is -0.497 e. The second-order valence-corrected chi connectivity index (χ2v) is 13.5. The van der Waals surface area contributed by atoms with Crippen molar-refractivity contribution in [3.63, 3.8) is 0 Å². The van der Waals surface area contributed by atoms with Crippen LogP contribution in [-0.2, 0) is 20.4 Å². The standard InChI is InChI=1S/C18H16N2O2S.C11H12O3.C7H6N2S.CH4/c1-22-13-8-6-12(7-9-13)18(10-11-18)16(21)20-17-19-14-4-2-3-5-15(14)23-17;1-14-9-4-2-8(3-5-9)11(6-7-11)10(12)13;8-7-9-5-3-1-2-4-6(5)10-7;/h2-9H,10-11H2,1H3,(H,19,20,21);2-5H,6-7H2,1H3,(H,12,13);1-4H,(H2,8,9);1H4. The molecule has 2 fully saturated rings. The number of aliphatic carboxylic acids is 1.